The van der Waals surface area contributed by atoms with Crippen LogP contribution in [0, 0.1) is 6.92 Å². The molecule has 0 radical (unpaired) electrons. The number of hydrogen-bond acceptors (Lipinski definition) is 3. The van der Waals surface area contributed by atoms with Gasteiger partial charge in [-0.15, -0.1) is 0 Å². The van der Waals surface area contributed by atoms with Crippen LogP contribution in [0.15, 0.2) is 22.7 Å². The normalized spacial score (nSPS) is 17.3. The van der Waals surface area contributed by atoms with Crippen molar-refractivity contribution in [3.8, 4) is 0 Å². The summed E-state index contributed by atoms with van der Waals surface area (Å²) in [6, 6.07) is 6.33. The monoisotopic (exact) mass is 382 g/mol. The molecule has 1 aromatic carbocycles. The molecule has 1 aliphatic rings. The molecule has 1 heterocycles. The highest BCUT2D eigenvalue weighted by Gasteiger charge is 2.29. The molecule has 4 nitrogen and oxygen atoms in total. The standard InChI is InChI=1S/C18H27BrN2O2/c1-13-12-16(6-7-17(13)19)21(14(2)22)15-8-10-20(11-9-15)23-18(3,4)5/h6-7,12,15H,8-11H2,1-5H3. The van der Waals surface area contributed by atoms with E-state index >= 15 is 0 Å². The average Bonchev–Trinajstić information content (AvgIpc) is 2.43. The number of halogens is 1. The molecule has 0 spiro atoms. The third kappa shape index (κ3) is 5.03. The largest absolute Gasteiger partial charge is 0.310 e. The van der Waals surface area contributed by atoms with E-state index in [1.165, 1.54) is 0 Å². The molecule has 1 saturated heterocycles. The Balaban J connectivity index is 2.08. The smallest absolute Gasteiger partial charge is 0.224 e. The maximum atomic E-state index is 12.2. The van der Waals surface area contributed by atoms with Crippen molar-refractivity contribution < 1.29 is 9.63 Å². The minimum atomic E-state index is -0.171. The predicted molar refractivity (Wildman–Crippen MR) is 97.5 cm³/mol. The number of benzene rings is 1. The second-order valence-electron chi connectivity index (χ2n) is 7.19. The fourth-order valence-electron chi connectivity index (χ4n) is 3.01. The fraction of sp³-hybridized carbons (Fsp3) is 0.611. The molecule has 1 aromatic rings. The number of carbonyl (C=O) groups is 1. The van der Waals surface area contributed by atoms with Crippen LogP contribution in [-0.2, 0) is 9.63 Å². The molecule has 23 heavy (non-hydrogen) atoms. The van der Waals surface area contributed by atoms with Gasteiger partial charge in [-0.25, -0.2) is 0 Å². The molecule has 0 saturated carbocycles. The number of hydrogen-bond donors (Lipinski definition) is 0. The second kappa shape index (κ2) is 7.32. The summed E-state index contributed by atoms with van der Waals surface area (Å²) in [5.41, 5.74) is 1.95. The summed E-state index contributed by atoms with van der Waals surface area (Å²) in [7, 11) is 0. The maximum absolute atomic E-state index is 12.2. The minimum Gasteiger partial charge on any atom is -0.310 e. The van der Waals surface area contributed by atoms with E-state index in [4.69, 9.17) is 4.84 Å². The van der Waals surface area contributed by atoms with Gasteiger partial charge >= 0.3 is 0 Å². The molecule has 0 unspecified atom stereocenters. The van der Waals surface area contributed by atoms with Crippen molar-refractivity contribution in [2.45, 2.75) is 59.1 Å². The van der Waals surface area contributed by atoms with Crippen molar-refractivity contribution in [1.29, 1.82) is 0 Å². The highest BCUT2D eigenvalue weighted by molar-refractivity contribution is 9.10. The molecule has 0 atom stereocenters. The van der Waals surface area contributed by atoms with Crippen LogP contribution in [-0.4, -0.2) is 35.7 Å². The van der Waals surface area contributed by atoms with Gasteiger partial charge in [0.15, 0.2) is 0 Å². The molecule has 1 amide bonds. The summed E-state index contributed by atoms with van der Waals surface area (Å²) in [5, 5.41) is 2.03. The summed E-state index contributed by atoms with van der Waals surface area (Å²) < 4.78 is 1.07. The van der Waals surface area contributed by atoms with Crippen LogP contribution in [0.1, 0.15) is 46.1 Å². The third-order valence-electron chi connectivity index (χ3n) is 3.95. The van der Waals surface area contributed by atoms with E-state index in [1.807, 2.05) is 29.0 Å². The van der Waals surface area contributed by atoms with Crippen molar-refractivity contribution in [3.05, 3.63) is 28.2 Å². The molecule has 0 N–H and O–H groups in total. The first-order valence-electron chi connectivity index (χ1n) is 8.17. The van der Waals surface area contributed by atoms with E-state index in [0.29, 0.717) is 0 Å². The maximum Gasteiger partial charge on any atom is 0.224 e. The van der Waals surface area contributed by atoms with Gasteiger partial charge in [-0.1, -0.05) is 15.9 Å². The molecule has 0 aliphatic carbocycles. The van der Waals surface area contributed by atoms with E-state index in [1.54, 1.807) is 6.92 Å². The van der Waals surface area contributed by atoms with E-state index < -0.39 is 0 Å². The molecule has 1 fully saturated rings. The van der Waals surface area contributed by atoms with E-state index in [9.17, 15) is 4.79 Å². The van der Waals surface area contributed by atoms with Gasteiger partial charge in [0, 0.05) is 36.2 Å². The van der Waals surface area contributed by atoms with E-state index in [-0.39, 0.29) is 17.6 Å². The number of amides is 1. The van der Waals surface area contributed by atoms with Crippen LogP contribution >= 0.6 is 15.9 Å². The lowest BCUT2D eigenvalue weighted by Gasteiger charge is -2.39. The van der Waals surface area contributed by atoms with E-state index in [0.717, 1.165) is 41.7 Å². The fourth-order valence-corrected chi connectivity index (χ4v) is 3.25. The van der Waals surface area contributed by atoms with Gasteiger partial charge in [-0.2, -0.15) is 5.06 Å². The van der Waals surface area contributed by atoms with E-state index in [2.05, 4.69) is 42.8 Å². The summed E-state index contributed by atoms with van der Waals surface area (Å²) in [5.74, 6) is 0.0990. The lowest BCUT2D eigenvalue weighted by molar-refractivity contribution is -0.236. The molecule has 1 aliphatic heterocycles. The average molecular weight is 383 g/mol. The topological polar surface area (TPSA) is 32.8 Å². The number of hydroxylamine groups is 2. The number of anilines is 1. The highest BCUT2D eigenvalue weighted by atomic mass is 79.9. The molecule has 128 valence electrons. The SMILES string of the molecule is CC(=O)N(c1ccc(Br)c(C)c1)C1CCN(OC(C)(C)C)CC1. The first-order valence-corrected chi connectivity index (χ1v) is 8.97. The van der Waals surface area contributed by atoms with Crippen LogP contribution < -0.4 is 4.90 Å². The van der Waals surface area contributed by atoms with Gasteiger partial charge in [0.1, 0.15) is 0 Å². The lowest BCUT2D eigenvalue weighted by Crippen LogP contribution is -2.48. The number of nitrogens with zero attached hydrogens (tertiary/aromatic N) is 2. The van der Waals surface area contributed by atoms with Gasteiger partial charge in [-0.05, 0) is 64.3 Å². The summed E-state index contributed by atoms with van der Waals surface area (Å²) in [6.45, 7) is 11.6. The Bertz CT molecular complexity index is 561. The van der Waals surface area contributed by atoms with Crippen LogP contribution in [0.25, 0.3) is 0 Å². The van der Waals surface area contributed by atoms with Crippen molar-refractivity contribution in [2.24, 2.45) is 0 Å². The summed E-state index contributed by atoms with van der Waals surface area (Å²) >= 11 is 3.52. The highest BCUT2D eigenvalue weighted by Crippen LogP contribution is 2.28. The van der Waals surface area contributed by atoms with Crippen LogP contribution in [0.3, 0.4) is 0 Å². The molecule has 0 bridgehead atoms. The Kier molecular flexibility index (Phi) is 5.87. The lowest BCUT2D eigenvalue weighted by atomic mass is 10.0. The zero-order chi connectivity index (χ0) is 17.2. The van der Waals surface area contributed by atoms with Crippen LogP contribution in [0.2, 0.25) is 0 Å². The van der Waals surface area contributed by atoms with Crippen molar-refractivity contribution >= 4 is 27.5 Å². The Morgan fingerprint density at radius 2 is 1.91 bits per heavy atom. The van der Waals surface area contributed by atoms with Gasteiger partial charge in [-0.3, -0.25) is 9.63 Å². The van der Waals surface area contributed by atoms with Gasteiger partial charge in [0.25, 0.3) is 0 Å². The zero-order valence-corrected chi connectivity index (χ0v) is 16.3. The van der Waals surface area contributed by atoms with Gasteiger partial charge in [0.05, 0.1) is 5.60 Å². The number of rotatable bonds is 3. The Morgan fingerprint density at radius 1 is 1.30 bits per heavy atom. The number of aryl methyl sites for hydroxylation is 1. The molecular weight excluding hydrogens is 356 g/mol. The Morgan fingerprint density at radius 3 is 2.39 bits per heavy atom. The summed E-state index contributed by atoms with van der Waals surface area (Å²) in [6.07, 6.45) is 1.84. The summed E-state index contributed by atoms with van der Waals surface area (Å²) in [4.78, 5) is 20.1. The van der Waals surface area contributed by atoms with Crippen molar-refractivity contribution in [1.82, 2.24) is 5.06 Å². The molecule has 2 rings (SSSR count). The zero-order valence-electron chi connectivity index (χ0n) is 14.7. The number of piperidine rings is 1. The van der Waals surface area contributed by atoms with Gasteiger partial charge in [0.2, 0.25) is 5.91 Å². The van der Waals surface area contributed by atoms with Crippen molar-refractivity contribution in [2.75, 3.05) is 18.0 Å². The third-order valence-corrected chi connectivity index (χ3v) is 4.84. The van der Waals surface area contributed by atoms with Gasteiger partial charge < -0.3 is 4.90 Å². The van der Waals surface area contributed by atoms with Crippen LogP contribution in [0.5, 0.6) is 0 Å². The predicted octanol–water partition coefficient (Wildman–Crippen LogP) is 4.30. The Hall–Kier alpha value is -0.910. The quantitative estimate of drug-likeness (QED) is 0.780. The van der Waals surface area contributed by atoms with Crippen molar-refractivity contribution in [3.63, 3.8) is 0 Å². The number of carbonyl (C=O) groups excluding carboxylic acids is 1. The first kappa shape index (κ1) is 18.4. The van der Waals surface area contributed by atoms with Crippen LogP contribution in [0.4, 0.5) is 5.69 Å². The minimum absolute atomic E-state index is 0.0990. The molecule has 0 aromatic heterocycles. The Labute approximate surface area is 147 Å². The molecule has 5 heteroatoms. The molecular formula is C18H27BrN2O2. The second-order valence-corrected chi connectivity index (χ2v) is 8.04. The first-order chi connectivity index (χ1) is 10.7.